The Hall–Kier alpha value is -3.86. The molecule has 0 unspecified atom stereocenters. The molecule has 11 nitrogen and oxygen atoms in total. The number of benzene rings is 1. The molecule has 1 aliphatic rings. The number of imidazole rings is 1. The number of nitrogens with one attached hydrogen (secondary N) is 3. The molecule has 4 N–H and O–H groups in total. The Balaban J connectivity index is 1.64. The van der Waals surface area contributed by atoms with Gasteiger partial charge in [0, 0.05) is 10.9 Å². The largest absolute Gasteiger partial charge is 0.495 e. The van der Waals surface area contributed by atoms with Gasteiger partial charge in [0.15, 0.2) is 5.65 Å². The minimum Gasteiger partial charge on any atom is -0.495 e. The van der Waals surface area contributed by atoms with Gasteiger partial charge in [-0.2, -0.15) is 19.6 Å². The van der Waals surface area contributed by atoms with E-state index in [0.717, 1.165) is 12.8 Å². The zero-order chi connectivity index (χ0) is 21.5. The molecule has 1 aromatic carbocycles. The predicted octanol–water partition coefficient (Wildman–Crippen LogP) is 0.863. The summed E-state index contributed by atoms with van der Waals surface area (Å²) in [7, 11) is 1.55. The molecule has 12 heteroatoms. The van der Waals surface area contributed by atoms with E-state index in [4.69, 9.17) is 16.3 Å². The van der Waals surface area contributed by atoms with Crippen molar-refractivity contribution in [2.24, 2.45) is 4.99 Å². The molecule has 1 aliphatic carbocycles. The van der Waals surface area contributed by atoms with E-state index in [1.165, 1.54) is 4.52 Å². The Kier molecular flexibility index (Phi) is 4.59. The van der Waals surface area contributed by atoms with Crippen molar-refractivity contribution in [2.45, 2.75) is 18.9 Å². The van der Waals surface area contributed by atoms with Crippen LogP contribution in [0.2, 0.25) is 5.02 Å². The first-order chi connectivity index (χ1) is 15.0. The average Bonchev–Trinajstić information content (AvgIpc) is 3.37. The van der Waals surface area contributed by atoms with Gasteiger partial charge in [-0.1, -0.05) is 11.6 Å². The number of ether oxygens (including phenoxy) is 1. The van der Waals surface area contributed by atoms with E-state index in [2.05, 4.69) is 35.3 Å². The zero-order valence-electron chi connectivity index (χ0n) is 16.3. The first-order valence-electron chi connectivity index (χ1n) is 9.43. The Morgan fingerprint density at radius 3 is 2.87 bits per heavy atom. The van der Waals surface area contributed by atoms with Crippen LogP contribution < -0.4 is 26.6 Å². The molecule has 0 bridgehead atoms. The molecular formula is C19H17ClN8O3. The number of H-pyrrole nitrogens is 2. The number of halogens is 1. The van der Waals surface area contributed by atoms with E-state index >= 15 is 0 Å². The van der Waals surface area contributed by atoms with E-state index in [1.54, 1.807) is 37.6 Å². The minimum atomic E-state index is -0.516. The van der Waals surface area contributed by atoms with Crippen molar-refractivity contribution in [1.82, 2.24) is 29.5 Å². The van der Waals surface area contributed by atoms with Crippen molar-refractivity contribution in [3.63, 3.8) is 0 Å². The molecule has 3 heterocycles. The summed E-state index contributed by atoms with van der Waals surface area (Å²) in [5, 5.41) is 18.3. The second kappa shape index (κ2) is 7.43. The number of aromatic nitrogens is 6. The topological polar surface area (TPSA) is 146 Å². The Bertz CT molecular complexity index is 1470. The first kappa shape index (κ1) is 19.1. The Labute approximate surface area is 179 Å². The van der Waals surface area contributed by atoms with E-state index in [0.29, 0.717) is 38.9 Å². The minimum absolute atomic E-state index is 0.211. The molecule has 0 radical (unpaired) electrons. The molecular weight excluding hydrogens is 424 g/mol. The highest BCUT2D eigenvalue weighted by molar-refractivity contribution is 6.32. The maximum atomic E-state index is 11.4. The van der Waals surface area contributed by atoms with Crippen LogP contribution in [0.5, 0.6) is 11.6 Å². The number of fused-ring (bicyclic) bond motifs is 1. The van der Waals surface area contributed by atoms with Crippen molar-refractivity contribution in [3.8, 4) is 11.6 Å². The number of aromatic hydroxyl groups is 1. The van der Waals surface area contributed by atoms with Crippen molar-refractivity contribution in [2.75, 3.05) is 12.4 Å². The second-order valence-electron chi connectivity index (χ2n) is 7.00. The van der Waals surface area contributed by atoms with Gasteiger partial charge in [0.05, 0.1) is 24.4 Å². The zero-order valence-corrected chi connectivity index (χ0v) is 17.0. The fourth-order valence-electron chi connectivity index (χ4n) is 3.01. The molecule has 0 amide bonds. The first-order valence-corrected chi connectivity index (χ1v) is 9.81. The normalized spacial score (nSPS) is 15.0. The fraction of sp³-hybridized carbons (Fsp3) is 0.211. The monoisotopic (exact) mass is 440 g/mol. The van der Waals surface area contributed by atoms with Gasteiger partial charge in [0.1, 0.15) is 11.4 Å². The summed E-state index contributed by atoms with van der Waals surface area (Å²) >= 11 is 6.21. The lowest BCUT2D eigenvalue weighted by Crippen LogP contribution is -2.24. The molecule has 4 aromatic rings. The third-order valence-corrected chi connectivity index (χ3v) is 4.96. The molecule has 1 fully saturated rings. The SMILES string of the molecule is COc1ccc(Nc2nc(=NC3CC3)n3ncc(=Cc4[nH]c(=O)[nH]c4O)c3n2)cc1Cl. The molecule has 5 rings (SSSR count). The third kappa shape index (κ3) is 3.82. The molecule has 0 spiro atoms. The predicted molar refractivity (Wildman–Crippen MR) is 113 cm³/mol. The third-order valence-electron chi connectivity index (χ3n) is 4.67. The fourth-order valence-corrected chi connectivity index (χ4v) is 3.27. The van der Waals surface area contributed by atoms with Crippen molar-refractivity contribution < 1.29 is 9.84 Å². The van der Waals surface area contributed by atoms with Gasteiger partial charge in [0.2, 0.25) is 11.8 Å². The van der Waals surface area contributed by atoms with E-state index in [9.17, 15) is 9.90 Å². The lowest BCUT2D eigenvalue weighted by molar-refractivity contribution is 0.415. The Morgan fingerprint density at radius 1 is 1.35 bits per heavy atom. The van der Waals surface area contributed by atoms with Crippen LogP contribution in [0.1, 0.15) is 18.5 Å². The van der Waals surface area contributed by atoms with E-state index in [-0.39, 0.29) is 17.6 Å². The number of aromatic amines is 2. The van der Waals surface area contributed by atoms with Crippen LogP contribution in [0.3, 0.4) is 0 Å². The number of methoxy groups -OCH3 is 1. The van der Waals surface area contributed by atoms with Crippen molar-refractivity contribution in [1.29, 1.82) is 0 Å². The van der Waals surface area contributed by atoms with E-state index in [1.807, 2.05) is 0 Å². The van der Waals surface area contributed by atoms with Gasteiger partial charge >= 0.3 is 5.69 Å². The molecule has 0 aliphatic heterocycles. The lowest BCUT2D eigenvalue weighted by Gasteiger charge is -2.08. The average molecular weight is 441 g/mol. The van der Waals surface area contributed by atoms with Crippen LogP contribution >= 0.6 is 11.6 Å². The molecule has 0 atom stereocenters. The molecule has 31 heavy (non-hydrogen) atoms. The van der Waals surface area contributed by atoms with Crippen LogP contribution in [0.15, 0.2) is 34.2 Å². The molecule has 0 saturated heterocycles. The highest BCUT2D eigenvalue weighted by atomic mass is 35.5. The van der Waals surface area contributed by atoms with Crippen LogP contribution in [0, 0.1) is 0 Å². The van der Waals surface area contributed by atoms with Crippen LogP contribution in [0.25, 0.3) is 11.7 Å². The van der Waals surface area contributed by atoms with Gasteiger partial charge in [-0.25, -0.2) is 9.79 Å². The van der Waals surface area contributed by atoms with Crippen LogP contribution in [-0.2, 0) is 0 Å². The summed E-state index contributed by atoms with van der Waals surface area (Å²) in [5.41, 5.74) is 1.23. The maximum absolute atomic E-state index is 11.4. The lowest BCUT2D eigenvalue weighted by atomic mass is 10.3. The van der Waals surface area contributed by atoms with Crippen molar-refractivity contribution >= 4 is 35.0 Å². The summed E-state index contributed by atoms with van der Waals surface area (Å²) in [6.07, 6.45) is 5.13. The molecule has 3 aromatic heterocycles. The van der Waals surface area contributed by atoms with Gasteiger partial charge in [-0.05, 0) is 37.1 Å². The van der Waals surface area contributed by atoms with Gasteiger partial charge in [-0.3, -0.25) is 4.98 Å². The summed E-state index contributed by atoms with van der Waals surface area (Å²) in [5.74, 6) is 0.587. The summed E-state index contributed by atoms with van der Waals surface area (Å²) in [4.78, 5) is 29.9. The van der Waals surface area contributed by atoms with Gasteiger partial charge in [0.25, 0.3) is 5.62 Å². The second-order valence-corrected chi connectivity index (χ2v) is 7.41. The number of rotatable bonds is 5. The number of hydrogen-bond acceptors (Lipinski definition) is 8. The summed E-state index contributed by atoms with van der Waals surface area (Å²) < 4.78 is 6.71. The number of anilines is 2. The maximum Gasteiger partial charge on any atom is 0.326 e. The van der Waals surface area contributed by atoms with Gasteiger partial charge in [-0.15, -0.1) is 0 Å². The standard InChI is InChI=1S/C19H17ClN8O3/c1-31-14-5-4-11(7-12(14)20)22-17-25-15-9(6-13-16(29)26-19(30)24-13)8-21-28(15)18(27-17)23-10-2-3-10/h4-8,10,29H,2-3H2,1H3,(H,22,23,27)(H2,24,26,30). The molecule has 158 valence electrons. The number of hydrogen-bond donors (Lipinski definition) is 4. The van der Waals surface area contributed by atoms with Gasteiger partial charge < -0.3 is 20.1 Å². The molecule has 1 saturated carbocycles. The van der Waals surface area contributed by atoms with Crippen molar-refractivity contribution in [3.05, 3.63) is 56.4 Å². The summed E-state index contributed by atoms with van der Waals surface area (Å²) in [6.45, 7) is 0. The van der Waals surface area contributed by atoms with Crippen LogP contribution in [-0.4, -0.2) is 47.8 Å². The van der Waals surface area contributed by atoms with Crippen LogP contribution in [0.4, 0.5) is 11.6 Å². The highest BCUT2D eigenvalue weighted by Crippen LogP contribution is 2.28. The van der Waals surface area contributed by atoms with E-state index < -0.39 is 5.69 Å². The highest BCUT2D eigenvalue weighted by Gasteiger charge is 2.21. The Morgan fingerprint density at radius 2 is 2.19 bits per heavy atom. The number of nitrogens with zero attached hydrogens (tertiary/aromatic N) is 5. The smallest absolute Gasteiger partial charge is 0.326 e. The quantitative estimate of drug-likeness (QED) is 0.360. The summed E-state index contributed by atoms with van der Waals surface area (Å²) in [6, 6.07) is 5.45.